The van der Waals surface area contributed by atoms with Gasteiger partial charge in [0.05, 0.1) is 28.4 Å². The highest BCUT2D eigenvalue weighted by Crippen LogP contribution is 2.34. The maximum absolute atomic E-state index is 13.1. The van der Waals surface area contributed by atoms with Crippen molar-refractivity contribution in [3.63, 3.8) is 0 Å². The molecule has 1 aliphatic carbocycles. The normalized spacial score (nSPS) is 15.4. The summed E-state index contributed by atoms with van der Waals surface area (Å²) < 4.78 is 9.75. The summed E-state index contributed by atoms with van der Waals surface area (Å²) in [6.07, 6.45) is 6.95. The lowest BCUT2D eigenvalue weighted by atomic mass is 10.2. The van der Waals surface area contributed by atoms with Crippen LogP contribution >= 0.6 is 11.8 Å². The molecule has 0 unspecified atom stereocenters. The molecule has 1 aromatic carbocycles. The summed E-state index contributed by atoms with van der Waals surface area (Å²) in [5.41, 5.74) is 4.84. The minimum Gasteiger partial charge on any atom is -0.463 e. The fourth-order valence-corrected chi connectivity index (χ4v) is 5.60. The Morgan fingerprint density at radius 3 is 2.76 bits per heavy atom. The molecule has 0 aliphatic heterocycles. The van der Waals surface area contributed by atoms with Crippen LogP contribution in [0.4, 0.5) is 0 Å². The zero-order chi connectivity index (χ0) is 22.9. The monoisotopic (exact) mass is 463 g/mol. The van der Waals surface area contributed by atoms with Gasteiger partial charge in [0.1, 0.15) is 0 Å². The molecule has 1 fully saturated rings. The summed E-state index contributed by atoms with van der Waals surface area (Å²) in [6, 6.07) is 12.4. The number of carbonyl (C=O) groups excluding carboxylic acids is 1. The van der Waals surface area contributed by atoms with E-state index in [9.17, 15) is 4.79 Å². The number of para-hydroxylation sites is 1. The van der Waals surface area contributed by atoms with Gasteiger partial charge in [0.2, 0.25) is 5.91 Å². The van der Waals surface area contributed by atoms with Gasteiger partial charge in [-0.25, -0.2) is 0 Å². The molecule has 0 radical (unpaired) electrons. The van der Waals surface area contributed by atoms with E-state index in [1.54, 1.807) is 6.26 Å². The second kappa shape index (κ2) is 9.09. The largest absolute Gasteiger partial charge is 0.463 e. The Kier molecular flexibility index (Phi) is 6.01. The van der Waals surface area contributed by atoms with Crippen molar-refractivity contribution in [2.24, 2.45) is 7.05 Å². The molecule has 0 saturated heterocycles. The fraction of sp³-hybridized carbons (Fsp3) is 0.400. The van der Waals surface area contributed by atoms with Crippen molar-refractivity contribution in [3.05, 3.63) is 48.2 Å². The van der Waals surface area contributed by atoms with Gasteiger partial charge >= 0.3 is 0 Å². The van der Waals surface area contributed by atoms with Crippen LogP contribution < -0.4 is 5.32 Å². The molecule has 1 atom stereocenters. The van der Waals surface area contributed by atoms with E-state index in [0.29, 0.717) is 11.2 Å². The Hall–Kier alpha value is -3.00. The first kappa shape index (κ1) is 21.8. The highest BCUT2D eigenvalue weighted by molar-refractivity contribution is 8.00. The van der Waals surface area contributed by atoms with Gasteiger partial charge in [-0.15, -0.1) is 10.2 Å². The molecule has 3 aromatic heterocycles. The lowest BCUT2D eigenvalue weighted by molar-refractivity contribution is -0.121. The molecule has 4 aromatic rings. The van der Waals surface area contributed by atoms with Crippen LogP contribution in [-0.4, -0.2) is 36.5 Å². The van der Waals surface area contributed by atoms with Crippen molar-refractivity contribution in [1.82, 2.24) is 24.6 Å². The molecule has 1 aliphatic rings. The quantitative estimate of drug-likeness (QED) is 0.379. The van der Waals surface area contributed by atoms with Gasteiger partial charge < -0.3 is 14.3 Å². The molecule has 5 rings (SSSR count). The van der Waals surface area contributed by atoms with E-state index in [4.69, 9.17) is 4.42 Å². The van der Waals surface area contributed by atoms with E-state index in [0.717, 1.165) is 53.1 Å². The number of nitrogens with one attached hydrogen (secondary N) is 1. The van der Waals surface area contributed by atoms with Gasteiger partial charge in [0, 0.05) is 25.2 Å². The molecule has 8 heteroatoms. The predicted octanol–water partition coefficient (Wildman–Crippen LogP) is 5.26. The number of nitrogens with zero attached hydrogens (tertiary/aromatic N) is 4. The Balaban J connectivity index is 1.54. The summed E-state index contributed by atoms with van der Waals surface area (Å²) >= 11 is 1.49. The highest BCUT2D eigenvalue weighted by atomic mass is 32.2. The second-order valence-electron chi connectivity index (χ2n) is 8.69. The topological polar surface area (TPSA) is 77.9 Å². The number of amides is 1. The van der Waals surface area contributed by atoms with Crippen LogP contribution in [0.5, 0.6) is 0 Å². The molecule has 3 heterocycles. The predicted molar refractivity (Wildman–Crippen MR) is 131 cm³/mol. The van der Waals surface area contributed by atoms with Gasteiger partial charge in [-0.3, -0.25) is 9.36 Å². The van der Waals surface area contributed by atoms with E-state index in [1.807, 2.05) is 38.2 Å². The highest BCUT2D eigenvalue weighted by Gasteiger charge is 2.27. The second-order valence-corrected chi connectivity index (χ2v) is 9.86. The Labute approximate surface area is 197 Å². The number of aryl methyl sites for hydroxylation is 2. The molecule has 7 nitrogen and oxygen atoms in total. The number of rotatable bonds is 7. The van der Waals surface area contributed by atoms with Crippen LogP contribution in [0, 0.1) is 6.92 Å². The zero-order valence-electron chi connectivity index (χ0n) is 19.2. The maximum Gasteiger partial charge on any atom is 0.233 e. The first-order valence-corrected chi connectivity index (χ1v) is 12.5. The standard InChI is InChI=1S/C25H29N5O2S/c1-4-22(24(31)26-17-10-6-7-11-17)33-25-28-27-23(30(25)18-12-8-5-9-16(18)2)20-15-21-19(29(20)3)13-14-32-21/h5,8-9,12-15,17,22H,4,6-7,10-11H2,1-3H3,(H,26,31)/t22-/m0/s1. The number of fused-ring (bicyclic) bond motifs is 1. The fourth-order valence-electron chi connectivity index (χ4n) is 4.62. The summed E-state index contributed by atoms with van der Waals surface area (Å²) in [6.45, 7) is 4.13. The van der Waals surface area contributed by atoms with Crippen LogP contribution in [0.15, 0.2) is 52.2 Å². The zero-order valence-corrected chi connectivity index (χ0v) is 20.1. The molecular weight excluding hydrogens is 434 g/mol. The Morgan fingerprint density at radius 2 is 2.03 bits per heavy atom. The Bertz CT molecular complexity index is 1280. The molecule has 1 saturated carbocycles. The molecule has 1 N–H and O–H groups in total. The lowest BCUT2D eigenvalue weighted by Gasteiger charge is -2.19. The van der Waals surface area contributed by atoms with E-state index < -0.39 is 0 Å². The number of benzene rings is 1. The lowest BCUT2D eigenvalue weighted by Crippen LogP contribution is -2.38. The SMILES string of the molecule is CC[C@H](Sc1nnc(-c2cc3occc3n2C)n1-c1ccccc1C)C(=O)NC1CCCC1. The van der Waals surface area contributed by atoms with Gasteiger partial charge in [-0.1, -0.05) is 49.7 Å². The smallest absolute Gasteiger partial charge is 0.233 e. The van der Waals surface area contributed by atoms with Crippen molar-refractivity contribution < 1.29 is 9.21 Å². The van der Waals surface area contributed by atoms with Crippen LogP contribution in [0.25, 0.3) is 28.3 Å². The summed E-state index contributed by atoms with van der Waals surface area (Å²) in [7, 11) is 2.00. The number of aromatic nitrogens is 4. The van der Waals surface area contributed by atoms with Gasteiger partial charge in [-0.05, 0) is 37.8 Å². The number of furan rings is 1. The molecular formula is C25H29N5O2S. The average molecular weight is 464 g/mol. The van der Waals surface area contributed by atoms with E-state index in [1.165, 1.54) is 24.6 Å². The van der Waals surface area contributed by atoms with Crippen molar-refractivity contribution in [2.75, 3.05) is 0 Å². The first-order valence-electron chi connectivity index (χ1n) is 11.6. The number of carbonyl (C=O) groups is 1. The molecule has 33 heavy (non-hydrogen) atoms. The number of hydrogen-bond donors (Lipinski definition) is 1. The van der Waals surface area contributed by atoms with Crippen molar-refractivity contribution in [3.8, 4) is 17.2 Å². The Morgan fingerprint density at radius 1 is 1.24 bits per heavy atom. The average Bonchev–Trinajstić information content (AvgIpc) is 3.59. The van der Waals surface area contributed by atoms with E-state index >= 15 is 0 Å². The van der Waals surface area contributed by atoms with Gasteiger partial charge in [0.25, 0.3) is 0 Å². The van der Waals surface area contributed by atoms with Gasteiger partial charge in [-0.2, -0.15) is 0 Å². The first-order chi connectivity index (χ1) is 16.1. The molecule has 0 spiro atoms. The number of hydrogen-bond acceptors (Lipinski definition) is 5. The maximum atomic E-state index is 13.1. The minimum absolute atomic E-state index is 0.0895. The van der Waals surface area contributed by atoms with Crippen molar-refractivity contribution in [2.45, 2.75) is 62.4 Å². The molecule has 0 bridgehead atoms. The van der Waals surface area contributed by atoms with Gasteiger partial charge in [0.15, 0.2) is 16.6 Å². The summed E-state index contributed by atoms with van der Waals surface area (Å²) in [4.78, 5) is 13.1. The van der Waals surface area contributed by atoms with Crippen LogP contribution in [-0.2, 0) is 11.8 Å². The summed E-state index contributed by atoms with van der Waals surface area (Å²) in [5, 5.41) is 12.9. The van der Waals surface area contributed by atoms with E-state index in [2.05, 4.69) is 43.7 Å². The molecule has 1 amide bonds. The van der Waals surface area contributed by atoms with Crippen LogP contribution in [0.3, 0.4) is 0 Å². The third kappa shape index (κ3) is 4.08. The summed E-state index contributed by atoms with van der Waals surface area (Å²) in [5.74, 6) is 0.818. The van der Waals surface area contributed by atoms with Crippen molar-refractivity contribution >= 4 is 28.8 Å². The molecule has 172 valence electrons. The van der Waals surface area contributed by atoms with Crippen LogP contribution in [0.1, 0.15) is 44.6 Å². The third-order valence-corrected chi connectivity index (χ3v) is 7.80. The minimum atomic E-state index is -0.227. The van der Waals surface area contributed by atoms with Crippen molar-refractivity contribution in [1.29, 1.82) is 0 Å². The third-order valence-electron chi connectivity index (χ3n) is 6.50. The van der Waals surface area contributed by atoms with E-state index in [-0.39, 0.29) is 11.2 Å². The number of thioether (sulfide) groups is 1. The van der Waals surface area contributed by atoms with Crippen LogP contribution in [0.2, 0.25) is 0 Å².